The van der Waals surface area contributed by atoms with Crippen molar-refractivity contribution in [3.63, 3.8) is 0 Å². The molecular formula is C6H10O4. The number of hydrogen-bond acceptors (Lipinski definition) is 3. The van der Waals surface area contributed by atoms with Crippen LogP contribution in [0.2, 0.25) is 0 Å². The van der Waals surface area contributed by atoms with Crippen LogP contribution >= 0.6 is 0 Å². The minimum atomic E-state index is -0.890. The van der Waals surface area contributed by atoms with Crippen LogP contribution in [-0.2, 0) is 9.53 Å². The highest BCUT2D eigenvalue weighted by molar-refractivity contribution is 5.70. The largest absolute Gasteiger partial charge is 0.481 e. The number of carboxylic acids is 1. The van der Waals surface area contributed by atoms with Crippen LogP contribution in [-0.4, -0.2) is 35.5 Å². The van der Waals surface area contributed by atoms with E-state index in [4.69, 9.17) is 14.9 Å². The number of rotatable bonds is 1. The van der Waals surface area contributed by atoms with Gasteiger partial charge in [-0.1, -0.05) is 0 Å². The van der Waals surface area contributed by atoms with Crippen molar-refractivity contribution in [3.05, 3.63) is 0 Å². The number of aliphatic carboxylic acids is 1. The molecule has 58 valence electrons. The van der Waals surface area contributed by atoms with Crippen LogP contribution in [0.1, 0.15) is 6.42 Å². The summed E-state index contributed by atoms with van der Waals surface area (Å²) in [6.07, 6.45) is -0.287. The van der Waals surface area contributed by atoms with Gasteiger partial charge in [0, 0.05) is 0 Å². The van der Waals surface area contributed by atoms with Gasteiger partial charge in [-0.05, 0) is 6.42 Å². The fraction of sp³-hybridized carbons (Fsp3) is 0.833. The molecule has 4 nitrogen and oxygen atoms in total. The smallest absolute Gasteiger partial charge is 0.308 e. The highest BCUT2D eigenvalue weighted by Crippen LogP contribution is 2.13. The summed E-state index contributed by atoms with van der Waals surface area (Å²) in [6.45, 7) is 0.496. The van der Waals surface area contributed by atoms with E-state index in [-0.39, 0.29) is 13.2 Å². The lowest BCUT2D eigenvalue weighted by atomic mass is 10.0. The van der Waals surface area contributed by atoms with Gasteiger partial charge >= 0.3 is 5.97 Å². The summed E-state index contributed by atoms with van der Waals surface area (Å²) in [7, 11) is 0. The molecule has 0 unspecified atom stereocenters. The van der Waals surface area contributed by atoms with E-state index in [1.807, 2.05) is 0 Å². The molecule has 0 aromatic heterocycles. The number of aliphatic hydroxyl groups excluding tert-OH is 1. The third kappa shape index (κ3) is 1.68. The van der Waals surface area contributed by atoms with Crippen LogP contribution in [0.4, 0.5) is 0 Å². The van der Waals surface area contributed by atoms with Gasteiger partial charge in [-0.2, -0.15) is 0 Å². The van der Waals surface area contributed by atoms with Crippen molar-refractivity contribution < 1.29 is 19.7 Å². The van der Waals surface area contributed by atoms with E-state index in [1.165, 1.54) is 0 Å². The zero-order valence-corrected chi connectivity index (χ0v) is 5.49. The molecule has 2 N–H and O–H groups in total. The predicted molar refractivity (Wildman–Crippen MR) is 32.6 cm³/mol. The molecular weight excluding hydrogens is 136 g/mol. The Morgan fingerprint density at radius 2 is 2.20 bits per heavy atom. The summed E-state index contributed by atoms with van der Waals surface area (Å²) in [5.41, 5.74) is 0. The lowest BCUT2D eigenvalue weighted by Crippen LogP contribution is -2.33. The molecule has 0 aliphatic carbocycles. The lowest BCUT2D eigenvalue weighted by molar-refractivity contribution is -0.149. The Hall–Kier alpha value is -0.610. The molecule has 0 bridgehead atoms. The van der Waals surface area contributed by atoms with Crippen molar-refractivity contribution in [2.75, 3.05) is 13.2 Å². The van der Waals surface area contributed by atoms with Gasteiger partial charge in [0.05, 0.1) is 25.2 Å². The molecule has 0 radical (unpaired) electrons. The van der Waals surface area contributed by atoms with Crippen LogP contribution in [0.25, 0.3) is 0 Å². The third-order valence-electron chi connectivity index (χ3n) is 1.54. The van der Waals surface area contributed by atoms with Crippen LogP contribution in [0.5, 0.6) is 0 Å². The lowest BCUT2D eigenvalue weighted by Gasteiger charge is -2.22. The maximum atomic E-state index is 10.3. The van der Waals surface area contributed by atoms with Crippen LogP contribution in [0, 0.1) is 5.92 Å². The minimum absolute atomic E-state index is 0.229. The maximum absolute atomic E-state index is 10.3. The van der Waals surface area contributed by atoms with Gasteiger partial charge in [0.25, 0.3) is 0 Å². The van der Waals surface area contributed by atoms with Gasteiger partial charge in [0.2, 0.25) is 0 Å². The molecule has 1 aliphatic heterocycles. The first-order valence-electron chi connectivity index (χ1n) is 3.18. The molecule has 2 atom stereocenters. The molecule has 1 saturated heterocycles. The zero-order chi connectivity index (χ0) is 7.56. The van der Waals surface area contributed by atoms with E-state index in [9.17, 15) is 4.79 Å². The number of carbonyl (C=O) groups is 1. The molecule has 4 heteroatoms. The molecule has 1 rings (SSSR count). The molecule has 10 heavy (non-hydrogen) atoms. The first kappa shape index (κ1) is 7.50. The minimum Gasteiger partial charge on any atom is -0.481 e. The molecule has 0 saturated carbocycles. The van der Waals surface area contributed by atoms with E-state index in [0.717, 1.165) is 0 Å². The van der Waals surface area contributed by atoms with Crippen molar-refractivity contribution in [2.24, 2.45) is 5.92 Å². The number of carboxylic acid groups (broad SMARTS) is 1. The van der Waals surface area contributed by atoms with Crippen LogP contribution < -0.4 is 0 Å². The molecule has 1 fully saturated rings. The van der Waals surface area contributed by atoms with Crippen molar-refractivity contribution >= 4 is 5.97 Å². The van der Waals surface area contributed by atoms with Crippen molar-refractivity contribution in [3.8, 4) is 0 Å². The summed E-state index contributed by atoms with van der Waals surface area (Å²) >= 11 is 0. The zero-order valence-electron chi connectivity index (χ0n) is 5.49. The van der Waals surface area contributed by atoms with Gasteiger partial charge in [-0.3, -0.25) is 4.79 Å². The first-order valence-corrected chi connectivity index (χ1v) is 3.18. The predicted octanol–water partition coefficient (Wildman–Crippen LogP) is -0.532. The topological polar surface area (TPSA) is 66.8 Å². The summed E-state index contributed by atoms with van der Waals surface area (Å²) in [6, 6.07) is 0. The van der Waals surface area contributed by atoms with Crippen molar-refractivity contribution in [2.45, 2.75) is 12.5 Å². The SMILES string of the molecule is O=C(O)[C@@H]1COC[C@H](O)C1. The Morgan fingerprint density at radius 3 is 2.60 bits per heavy atom. The summed E-state index contributed by atoms with van der Waals surface area (Å²) < 4.78 is 4.82. The Kier molecular flexibility index (Phi) is 2.24. The molecule has 0 spiro atoms. The summed E-state index contributed by atoms with van der Waals surface area (Å²) in [5.74, 6) is -1.41. The van der Waals surface area contributed by atoms with Crippen LogP contribution in [0.15, 0.2) is 0 Å². The number of ether oxygens (including phenoxy) is 1. The number of aliphatic hydroxyl groups is 1. The molecule has 0 aromatic carbocycles. The van der Waals surface area contributed by atoms with E-state index in [1.54, 1.807) is 0 Å². The van der Waals surface area contributed by atoms with Gasteiger partial charge in [-0.15, -0.1) is 0 Å². The monoisotopic (exact) mass is 146 g/mol. The van der Waals surface area contributed by atoms with E-state index in [2.05, 4.69) is 0 Å². The number of hydrogen-bond donors (Lipinski definition) is 2. The van der Waals surface area contributed by atoms with Crippen molar-refractivity contribution in [1.82, 2.24) is 0 Å². The van der Waals surface area contributed by atoms with Gasteiger partial charge < -0.3 is 14.9 Å². The normalized spacial score (nSPS) is 33.7. The van der Waals surface area contributed by atoms with E-state index < -0.39 is 18.0 Å². The van der Waals surface area contributed by atoms with Crippen molar-refractivity contribution in [1.29, 1.82) is 0 Å². The molecule has 1 aliphatic rings. The second-order valence-electron chi connectivity index (χ2n) is 2.46. The quantitative estimate of drug-likeness (QED) is 0.521. The first-order chi connectivity index (χ1) is 4.70. The highest BCUT2D eigenvalue weighted by Gasteiger charge is 2.25. The Bertz CT molecular complexity index is 134. The summed E-state index contributed by atoms with van der Waals surface area (Å²) in [4.78, 5) is 10.3. The Labute approximate surface area is 58.4 Å². The van der Waals surface area contributed by atoms with Gasteiger partial charge in [0.15, 0.2) is 0 Å². The third-order valence-corrected chi connectivity index (χ3v) is 1.54. The van der Waals surface area contributed by atoms with E-state index in [0.29, 0.717) is 6.42 Å². The average molecular weight is 146 g/mol. The highest BCUT2D eigenvalue weighted by atomic mass is 16.5. The Balaban J connectivity index is 2.39. The van der Waals surface area contributed by atoms with Gasteiger partial charge in [-0.25, -0.2) is 0 Å². The average Bonchev–Trinajstić information content (AvgIpc) is 1.88. The molecule has 0 amide bonds. The fourth-order valence-corrected chi connectivity index (χ4v) is 0.983. The Morgan fingerprint density at radius 1 is 1.50 bits per heavy atom. The fourth-order valence-electron chi connectivity index (χ4n) is 0.983. The second kappa shape index (κ2) is 2.98. The van der Waals surface area contributed by atoms with Gasteiger partial charge in [0.1, 0.15) is 0 Å². The standard InChI is InChI=1S/C6H10O4/c7-5-1-4(6(8)9)2-10-3-5/h4-5,7H,1-3H2,(H,8,9)/t4-,5+/m0/s1. The maximum Gasteiger partial charge on any atom is 0.308 e. The molecule has 1 heterocycles. The van der Waals surface area contributed by atoms with E-state index >= 15 is 0 Å². The second-order valence-corrected chi connectivity index (χ2v) is 2.46. The molecule has 0 aromatic rings. The van der Waals surface area contributed by atoms with Crippen LogP contribution in [0.3, 0.4) is 0 Å². The summed E-state index contributed by atoms with van der Waals surface area (Å²) in [5, 5.41) is 17.4.